The lowest BCUT2D eigenvalue weighted by Gasteiger charge is -2.24. The molecule has 2 nitrogen and oxygen atoms in total. The molecule has 0 saturated carbocycles. The maximum Gasteiger partial charge on any atom is 0.180 e. The van der Waals surface area contributed by atoms with Gasteiger partial charge in [-0.25, -0.2) is 0 Å². The molecule has 0 radical (unpaired) electrons. The minimum absolute atomic E-state index is 0.142. The Hall–Kier alpha value is -0.190. The highest BCUT2D eigenvalue weighted by atomic mass is 79.9. The molecule has 0 fully saturated rings. The summed E-state index contributed by atoms with van der Waals surface area (Å²) in [6.07, 6.45) is 0. The van der Waals surface area contributed by atoms with Crippen LogP contribution < -0.4 is 0 Å². The van der Waals surface area contributed by atoms with E-state index in [4.69, 9.17) is 0 Å². The molecule has 82 valence electrons. The average Bonchev–Trinajstić information content (AvgIpc) is 2.27. The number of hydrogen-bond acceptors (Lipinski definition) is 2. The number of ketones is 1. The Balaban J connectivity index is 3.11. The second-order valence-electron chi connectivity index (χ2n) is 3.42. The smallest absolute Gasteiger partial charge is 0.180 e. The van der Waals surface area contributed by atoms with Crippen molar-refractivity contribution in [1.82, 2.24) is 0 Å². The van der Waals surface area contributed by atoms with Crippen LogP contribution in [0.2, 0.25) is 0 Å². The topological polar surface area (TPSA) is 37.3 Å². The monoisotopic (exact) mass is 334 g/mol. The minimum atomic E-state index is -1.43. The molecule has 1 N–H and O–H groups in total. The van der Waals surface area contributed by atoms with E-state index in [1.54, 1.807) is 12.1 Å². The number of halogens is 2. The molecule has 1 atom stereocenters. The Bertz CT molecular complexity index is 348. The third-order valence-corrected chi connectivity index (χ3v) is 3.63. The zero-order valence-corrected chi connectivity index (χ0v) is 11.5. The van der Waals surface area contributed by atoms with Crippen LogP contribution >= 0.6 is 31.9 Å². The molecule has 0 amide bonds. The van der Waals surface area contributed by atoms with E-state index in [1.165, 1.54) is 0 Å². The van der Waals surface area contributed by atoms with Gasteiger partial charge in [-0.3, -0.25) is 4.79 Å². The third-order valence-electron chi connectivity index (χ3n) is 2.31. The zero-order valence-electron chi connectivity index (χ0n) is 8.34. The summed E-state index contributed by atoms with van der Waals surface area (Å²) in [5.41, 5.74) is 0.286. The zero-order chi connectivity index (χ0) is 11.5. The molecule has 0 aliphatic rings. The highest BCUT2D eigenvalue weighted by Gasteiger charge is 2.35. The van der Waals surface area contributed by atoms with Crippen LogP contribution in [0.5, 0.6) is 0 Å². The van der Waals surface area contributed by atoms with Crippen LogP contribution in [0.1, 0.15) is 11.1 Å². The molecule has 0 saturated heterocycles. The van der Waals surface area contributed by atoms with Crippen molar-refractivity contribution in [2.24, 2.45) is 0 Å². The molecule has 0 heterocycles. The lowest BCUT2D eigenvalue weighted by Crippen LogP contribution is -2.38. The number of rotatable bonds is 4. The van der Waals surface area contributed by atoms with Gasteiger partial charge in [0.25, 0.3) is 0 Å². The summed E-state index contributed by atoms with van der Waals surface area (Å²) in [4.78, 5) is 11.6. The Kier molecular flexibility index (Phi) is 4.49. The number of Topliss-reactive ketones (excluding diaryl/α,β-unsaturated/α-hetero) is 1. The van der Waals surface area contributed by atoms with Crippen LogP contribution in [0.25, 0.3) is 0 Å². The van der Waals surface area contributed by atoms with Crippen molar-refractivity contribution >= 4 is 37.6 Å². The van der Waals surface area contributed by atoms with Gasteiger partial charge in [0.2, 0.25) is 0 Å². The molecular formula is C11H12Br2O2. The van der Waals surface area contributed by atoms with Gasteiger partial charge in [-0.15, -0.1) is 0 Å². The molecule has 4 heteroatoms. The van der Waals surface area contributed by atoms with E-state index in [1.807, 2.05) is 19.1 Å². The highest BCUT2D eigenvalue weighted by molar-refractivity contribution is 9.09. The molecular weight excluding hydrogens is 324 g/mol. The van der Waals surface area contributed by atoms with Gasteiger partial charge >= 0.3 is 0 Å². The van der Waals surface area contributed by atoms with E-state index >= 15 is 0 Å². The second-order valence-corrected chi connectivity index (χ2v) is 4.54. The fourth-order valence-electron chi connectivity index (χ4n) is 1.25. The number of aryl methyl sites for hydroxylation is 1. The number of alkyl halides is 2. The van der Waals surface area contributed by atoms with Crippen LogP contribution in [0.15, 0.2) is 24.3 Å². The molecule has 0 aromatic heterocycles. The molecule has 1 aromatic rings. The largest absolute Gasteiger partial charge is 0.376 e. The van der Waals surface area contributed by atoms with Gasteiger partial charge < -0.3 is 5.11 Å². The molecule has 0 aliphatic carbocycles. The van der Waals surface area contributed by atoms with Gasteiger partial charge in [0.1, 0.15) is 0 Å². The number of hydrogen-bond donors (Lipinski definition) is 1. The van der Waals surface area contributed by atoms with Crippen molar-refractivity contribution in [1.29, 1.82) is 0 Å². The van der Waals surface area contributed by atoms with Gasteiger partial charge in [-0.1, -0.05) is 61.7 Å². The standard InChI is InChI=1S/C11H12Br2O2/c1-8-2-4-9(5-3-8)11(15,7-13)10(14)6-12/h2-5,15H,6-7H2,1H3/t11-/m1/s1. The van der Waals surface area contributed by atoms with Gasteiger partial charge in [0, 0.05) is 5.33 Å². The predicted molar refractivity (Wildman–Crippen MR) is 67.7 cm³/mol. The maximum absolute atomic E-state index is 11.6. The van der Waals surface area contributed by atoms with Crippen LogP contribution in [-0.4, -0.2) is 21.5 Å². The SMILES string of the molecule is Cc1ccc([C@](O)(CBr)C(=O)CBr)cc1. The summed E-state index contributed by atoms with van der Waals surface area (Å²) in [6, 6.07) is 7.31. The van der Waals surface area contributed by atoms with Crippen molar-refractivity contribution in [3.8, 4) is 0 Å². The van der Waals surface area contributed by atoms with Crippen LogP contribution in [0, 0.1) is 6.92 Å². The molecule has 1 aromatic carbocycles. The van der Waals surface area contributed by atoms with E-state index < -0.39 is 5.60 Å². The summed E-state index contributed by atoms with van der Waals surface area (Å²) >= 11 is 6.25. The van der Waals surface area contributed by atoms with E-state index in [0.717, 1.165) is 5.56 Å². The van der Waals surface area contributed by atoms with Gasteiger partial charge in [-0.05, 0) is 12.5 Å². The first-order chi connectivity index (χ1) is 7.04. The summed E-state index contributed by atoms with van der Waals surface area (Å²) in [5, 5.41) is 10.6. The molecule has 0 unspecified atom stereocenters. The van der Waals surface area contributed by atoms with Crippen molar-refractivity contribution in [3.63, 3.8) is 0 Å². The first-order valence-corrected chi connectivity index (χ1v) is 6.73. The van der Waals surface area contributed by atoms with Crippen LogP contribution in [0.3, 0.4) is 0 Å². The number of aliphatic hydroxyl groups is 1. The summed E-state index contributed by atoms with van der Waals surface area (Å²) in [7, 11) is 0. The summed E-state index contributed by atoms with van der Waals surface area (Å²) in [5.74, 6) is -0.247. The van der Waals surface area contributed by atoms with Crippen molar-refractivity contribution in [2.75, 3.05) is 10.7 Å². The Morgan fingerprint density at radius 2 is 1.87 bits per heavy atom. The van der Waals surface area contributed by atoms with Crippen molar-refractivity contribution in [2.45, 2.75) is 12.5 Å². The van der Waals surface area contributed by atoms with Gasteiger partial charge in [0.15, 0.2) is 11.4 Å². The Morgan fingerprint density at radius 1 is 1.33 bits per heavy atom. The molecule has 0 spiro atoms. The quantitative estimate of drug-likeness (QED) is 0.858. The van der Waals surface area contributed by atoms with Crippen molar-refractivity contribution < 1.29 is 9.90 Å². The summed E-state index contributed by atoms with van der Waals surface area (Å²) in [6.45, 7) is 1.96. The Labute approximate surface area is 106 Å². The second kappa shape index (κ2) is 5.23. The predicted octanol–water partition coefficient (Wildman–Crippen LogP) is 2.54. The lowest BCUT2D eigenvalue weighted by atomic mass is 9.92. The first-order valence-electron chi connectivity index (χ1n) is 4.49. The molecule has 0 aliphatic heterocycles. The first kappa shape index (κ1) is 12.9. The van der Waals surface area contributed by atoms with E-state index in [0.29, 0.717) is 5.56 Å². The highest BCUT2D eigenvalue weighted by Crippen LogP contribution is 2.25. The van der Waals surface area contributed by atoms with E-state index in [9.17, 15) is 9.90 Å². The van der Waals surface area contributed by atoms with E-state index in [-0.39, 0.29) is 16.4 Å². The van der Waals surface area contributed by atoms with Crippen LogP contribution in [-0.2, 0) is 10.4 Å². The molecule has 0 bridgehead atoms. The average molecular weight is 336 g/mol. The van der Waals surface area contributed by atoms with Gasteiger partial charge in [-0.2, -0.15) is 0 Å². The molecule has 1 rings (SSSR count). The number of carbonyl (C=O) groups excluding carboxylic acids is 1. The third kappa shape index (κ3) is 2.68. The van der Waals surface area contributed by atoms with Crippen LogP contribution in [0.4, 0.5) is 0 Å². The maximum atomic E-state index is 11.6. The minimum Gasteiger partial charge on any atom is -0.376 e. The van der Waals surface area contributed by atoms with Gasteiger partial charge in [0.05, 0.1) is 5.33 Å². The fraction of sp³-hybridized carbons (Fsp3) is 0.364. The molecule has 15 heavy (non-hydrogen) atoms. The lowest BCUT2D eigenvalue weighted by molar-refractivity contribution is -0.132. The summed E-state index contributed by atoms with van der Waals surface area (Å²) < 4.78 is 0. The number of benzene rings is 1. The Morgan fingerprint density at radius 3 is 2.27 bits per heavy atom. The normalized spacial score (nSPS) is 14.7. The van der Waals surface area contributed by atoms with Crippen molar-refractivity contribution in [3.05, 3.63) is 35.4 Å². The fourth-order valence-corrected chi connectivity index (χ4v) is 2.35. The number of carbonyl (C=O) groups is 1. The van der Waals surface area contributed by atoms with E-state index in [2.05, 4.69) is 31.9 Å².